The Labute approximate surface area is 217 Å². The molecule has 202 valence electrons. The van der Waals surface area contributed by atoms with Crippen LogP contribution in [0.3, 0.4) is 0 Å². The van der Waals surface area contributed by atoms with E-state index < -0.39 is 23.9 Å². The van der Waals surface area contributed by atoms with Crippen LogP contribution in [0.4, 0.5) is 19.3 Å². The zero-order valence-corrected chi connectivity index (χ0v) is 21.2. The van der Waals surface area contributed by atoms with Crippen molar-refractivity contribution >= 4 is 28.6 Å². The van der Waals surface area contributed by atoms with E-state index in [4.69, 9.17) is 5.11 Å². The summed E-state index contributed by atoms with van der Waals surface area (Å²) < 4.78 is 37.8. The Balaban J connectivity index is 1.38. The first kappa shape index (κ1) is 25.8. The highest BCUT2D eigenvalue weighted by Gasteiger charge is 2.52. The molecule has 2 amide bonds. The number of rotatable bonds is 7. The molecule has 4 N–H and O–H groups in total. The van der Waals surface area contributed by atoms with E-state index in [1.807, 2.05) is 43.5 Å². The van der Waals surface area contributed by atoms with Crippen LogP contribution < -0.4 is 20.1 Å². The lowest BCUT2D eigenvalue weighted by Crippen LogP contribution is -2.34. The molecule has 3 aromatic rings. The normalized spacial score (nSPS) is 17.7. The third-order valence-corrected chi connectivity index (χ3v) is 6.95. The highest BCUT2D eigenvalue weighted by molar-refractivity contribution is 6.02. The predicted octanol–water partition coefficient (Wildman–Crippen LogP) is 4.56. The number of nitrogens with zero attached hydrogens (tertiary/aromatic N) is 1. The number of fused-ring (bicyclic) bond motifs is 2. The SMILES string of the molecule is CC(C)(C)c1cc2cc(NC(=O)C3(c4ccc5c(c4)OC(F)(F)O5)CC3)ccc2n1CC(O)CNC(=O)O. The third kappa shape index (κ3) is 4.85. The fourth-order valence-corrected chi connectivity index (χ4v) is 4.92. The zero-order valence-electron chi connectivity index (χ0n) is 21.2. The first-order valence-corrected chi connectivity index (χ1v) is 12.3. The zero-order chi connectivity index (χ0) is 27.5. The Morgan fingerprint density at radius 2 is 1.79 bits per heavy atom. The number of aliphatic hydroxyl groups is 1. The number of carbonyl (C=O) groups excluding carboxylic acids is 1. The van der Waals surface area contributed by atoms with Crippen molar-refractivity contribution in [1.29, 1.82) is 0 Å². The summed E-state index contributed by atoms with van der Waals surface area (Å²) in [6.07, 6.45) is -4.71. The largest absolute Gasteiger partial charge is 0.586 e. The van der Waals surface area contributed by atoms with E-state index in [9.17, 15) is 23.5 Å². The lowest BCUT2D eigenvalue weighted by atomic mass is 9.92. The summed E-state index contributed by atoms with van der Waals surface area (Å²) in [5, 5.41) is 25.3. The Morgan fingerprint density at radius 1 is 1.08 bits per heavy atom. The Bertz CT molecular complexity index is 1420. The monoisotopic (exact) mass is 529 g/mol. The Morgan fingerprint density at radius 3 is 2.45 bits per heavy atom. The second-order valence-corrected chi connectivity index (χ2v) is 10.9. The van der Waals surface area contributed by atoms with Crippen molar-refractivity contribution in [1.82, 2.24) is 9.88 Å². The van der Waals surface area contributed by atoms with E-state index in [1.165, 1.54) is 12.1 Å². The second kappa shape index (κ2) is 8.87. The van der Waals surface area contributed by atoms with Gasteiger partial charge in [0.15, 0.2) is 11.5 Å². The average Bonchev–Trinajstić information content (AvgIpc) is 3.46. The minimum atomic E-state index is -3.72. The summed E-state index contributed by atoms with van der Waals surface area (Å²) in [4.78, 5) is 24.1. The maximum atomic E-state index is 13.4. The van der Waals surface area contributed by atoms with Gasteiger partial charge in [-0.1, -0.05) is 26.8 Å². The number of hydrogen-bond donors (Lipinski definition) is 4. The number of carbonyl (C=O) groups is 2. The fourth-order valence-electron chi connectivity index (χ4n) is 4.92. The molecule has 1 atom stereocenters. The van der Waals surface area contributed by atoms with Crippen molar-refractivity contribution in [3.63, 3.8) is 0 Å². The molecule has 5 rings (SSSR count). The fraction of sp³-hybridized carbons (Fsp3) is 0.407. The molecule has 2 aliphatic rings. The van der Waals surface area contributed by atoms with Crippen LogP contribution in [0.15, 0.2) is 42.5 Å². The summed E-state index contributed by atoms with van der Waals surface area (Å²) in [5.74, 6) is -0.402. The van der Waals surface area contributed by atoms with Crippen LogP contribution in [0.25, 0.3) is 10.9 Å². The molecule has 1 aliphatic heterocycles. The quantitative estimate of drug-likeness (QED) is 0.356. The number of aromatic nitrogens is 1. The molecule has 1 aromatic heterocycles. The number of aliphatic hydroxyl groups excluding tert-OH is 1. The van der Waals surface area contributed by atoms with Crippen LogP contribution in [0, 0.1) is 0 Å². The third-order valence-electron chi connectivity index (χ3n) is 6.95. The Hall–Kier alpha value is -3.86. The van der Waals surface area contributed by atoms with Gasteiger partial charge >= 0.3 is 12.4 Å². The maximum absolute atomic E-state index is 13.4. The molecule has 2 heterocycles. The van der Waals surface area contributed by atoms with Crippen LogP contribution in [0.1, 0.15) is 44.9 Å². The molecule has 9 nitrogen and oxygen atoms in total. The molecule has 0 bridgehead atoms. The maximum Gasteiger partial charge on any atom is 0.586 e. The molecular weight excluding hydrogens is 500 g/mol. The molecule has 0 saturated heterocycles. The van der Waals surface area contributed by atoms with Crippen molar-refractivity contribution in [2.24, 2.45) is 0 Å². The van der Waals surface area contributed by atoms with E-state index in [1.54, 1.807) is 12.1 Å². The minimum absolute atomic E-state index is 0.0663. The summed E-state index contributed by atoms with van der Waals surface area (Å²) in [5.41, 5.74) is 1.83. The standard InChI is InChI=1S/C27H29F2N3O6/c1-25(2,3)22-11-15-10-17(5-6-19(15)32(22)14-18(33)13-30-24(35)36)31-23(34)26(8-9-26)16-4-7-20-21(12-16)38-27(28,29)37-20/h4-7,10-12,18,30,33H,8-9,13-14H2,1-3H3,(H,31,34)(H,35,36). The van der Waals surface area contributed by atoms with E-state index in [-0.39, 0.29) is 35.9 Å². The number of alkyl halides is 2. The molecule has 1 fully saturated rings. The summed E-state index contributed by atoms with van der Waals surface area (Å²) in [6.45, 7) is 6.21. The van der Waals surface area contributed by atoms with E-state index in [2.05, 4.69) is 20.1 Å². The molecule has 0 radical (unpaired) electrons. The molecule has 11 heteroatoms. The molecule has 38 heavy (non-hydrogen) atoms. The number of benzene rings is 2. The molecule has 1 unspecified atom stereocenters. The van der Waals surface area contributed by atoms with Crippen molar-refractivity contribution in [3.05, 3.63) is 53.7 Å². The lowest BCUT2D eigenvalue weighted by molar-refractivity contribution is -0.286. The molecule has 2 aromatic carbocycles. The van der Waals surface area contributed by atoms with E-state index in [0.717, 1.165) is 16.6 Å². The predicted molar refractivity (Wildman–Crippen MR) is 135 cm³/mol. The van der Waals surface area contributed by atoms with Gasteiger partial charge in [-0.05, 0) is 54.8 Å². The van der Waals surface area contributed by atoms with Crippen LogP contribution >= 0.6 is 0 Å². The number of hydrogen-bond acceptors (Lipinski definition) is 5. The van der Waals surface area contributed by atoms with E-state index in [0.29, 0.717) is 24.1 Å². The molecular formula is C27H29F2N3O6. The molecule has 0 spiro atoms. The number of nitrogens with one attached hydrogen (secondary N) is 2. The molecule has 1 saturated carbocycles. The molecule has 1 aliphatic carbocycles. The highest BCUT2D eigenvalue weighted by atomic mass is 19.3. The second-order valence-electron chi connectivity index (χ2n) is 10.9. The van der Waals surface area contributed by atoms with Gasteiger partial charge in [-0.25, -0.2) is 4.79 Å². The summed E-state index contributed by atoms with van der Waals surface area (Å²) >= 11 is 0. The van der Waals surface area contributed by atoms with Gasteiger partial charge in [-0.3, -0.25) is 4.79 Å². The number of carboxylic acid groups (broad SMARTS) is 1. The first-order chi connectivity index (χ1) is 17.8. The number of anilines is 1. The van der Waals surface area contributed by atoms with Gasteiger partial charge in [0.05, 0.1) is 18.1 Å². The summed E-state index contributed by atoms with van der Waals surface area (Å²) in [7, 11) is 0. The number of ether oxygens (including phenoxy) is 2. The smallest absolute Gasteiger partial charge is 0.465 e. The van der Waals surface area contributed by atoms with Crippen molar-refractivity contribution in [3.8, 4) is 11.5 Å². The van der Waals surface area contributed by atoms with Gasteiger partial charge in [0, 0.05) is 34.2 Å². The van der Waals surface area contributed by atoms with Crippen LogP contribution in [0.5, 0.6) is 11.5 Å². The lowest BCUT2D eigenvalue weighted by Gasteiger charge is -2.24. The number of amides is 2. The topological polar surface area (TPSA) is 122 Å². The van der Waals surface area contributed by atoms with Gasteiger partial charge in [0.2, 0.25) is 5.91 Å². The van der Waals surface area contributed by atoms with Gasteiger partial charge in [0.25, 0.3) is 0 Å². The van der Waals surface area contributed by atoms with Crippen LogP contribution in [-0.4, -0.2) is 45.7 Å². The van der Waals surface area contributed by atoms with Gasteiger partial charge in [0.1, 0.15) is 0 Å². The van der Waals surface area contributed by atoms with Gasteiger partial charge in [-0.2, -0.15) is 0 Å². The summed E-state index contributed by atoms with van der Waals surface area (Å²) in [6, 6.07) is 11.9. The van der Waals surface area contributed by atoms with Crippen LogP contribution in [-0.2, 0) is 22.2 Å². The Kier molecular flexibility index (Phi) is 6.01. The number of halogens is 2. The minimum Gasteiger partial charge on any atom is -0.465 e. The van der Waals surface area contributed by atoms with Crippen molar-refractivity contribution < 1.29 is 38.1 Å². The highest BCUT2D eigenvalue weighted by Crippen LogP contribution is 2.52. The van der Waals surface area contributed by atoms with E-state index >= 15 is 0 Å². The first-order valence-electron chi connectivity index (χ1n) is 12.3. The van der Waals surface area contributed by atoms with Gasteiger partial charge in [-0.15, -0.1) is 8.78 Å². The average molecular weight is 530 g/mol. The van der Waals surface area contributed by atoms with Crippen molar-refractivity contribution in [2.75, 3.05) is 11.9 Å². The van der Waals surface area contributed by atoms with Crippen molar-refractivity contribution in [2.45, 2.75) is 63.4 Å². The van der Waals surface area contributed by atoms with Gasteiger partial charge < -0.3 is 34.9 Å². The van der Waals surface area contributed by atoms with Crippen LogP contribution in [0.2, 0.25) is 0 Å².